The van der Waals surface area contributed by atoms with Gasteiger partial charge in [-0.3, -0.25) is 0 Å². The second kappa shape index (κ2) is 4.82. The summed E-state index contributed by atoms with van der Waals surface area (Å²) in [7, 11) is 0. The van der Waals surface area contributed by atoms with Crippen LogP contribution in [0.5, 0.6) is 0 Å². The van der Waals surface area contributed by atoms with Gasteiger partial charge in [0.15, 0.2) is 0 Å². The molecule has 96 valence electrons. The zero-order chi connectivity index (χ0) is 12.5. The van der Waals surface area contributed by atoms with Crippen molar-refractivity contribution in [3.63, 3.8) is 0 Å². The van der Waals surface area contributed by atoms with Gasteiger partial charge in [0.2, 0.25) is 0 Å². The molecule has 2 aromatic rings. The first-order chi connectivity index (χ1) is 8.75. The lowest BCUT2D eigenvalue weighted by Crippen LogP contribution is -2.22. The highest BCUT2D eigenvalue weighted by molar-refractivity contribution is 7.18. The Morgan fingerprint density at radius 2 is 2.33 bits per heavy atom. The molecule has 0 unspecified atom stereocenters. The molecule has 3 rings (SSSR count). The maximum absolute atomic E-state index is 4.42. The molecule has 0 aliphatic carbocycles. The zero-order valence-electron chi connectivity index (χ0n) is 10.8. The first-order valence-corrected chi connectivity index (χ1v) is 7.27. The van der Waals surface area contributed by atoms with Gasteiger partial charge in [0, 0.05) is 18.0 Å². The van der Waals surface area contributed by atoms with Crippen LogP contribution in [0.15, 0.2) is 6.33 Å². The summed E-state index contributed by atoms with van der Waals surface area (Å²) in [5, 5.41) is 8.12. The van der Waals surface area contributed by atoms with Gasteiger partial charge < -0.3 is 10.6 Å². The molecule has 3 heterocycles. The molecule has 4 nitrogen and oxygen atoms in total. The number of nitrogens with zero attached hydrogens (tertiary/aromatic N) is 2. The number of anilines is 1. The predicted molar refractivity (Wildman–Crippen MR) is 76.2 cm³/mol. The van der Waals surface area contributed by atoms with E-state index < -0.39 is 0 Å². The Morgan fingerprint density at radius 1 is 1.44 bits per heavy atom. The van der Waals surface area contributed by atoms with E-state index in [0.717, 1.165) is 36.7 Å². The lowest BCUT2D eigenvalue weighted by atomic mass is 10.1. The van der Waals surface area contributed by atoms with E-state index in [1.54, 1.807) is 17.7 Å². The number of thiophene rings is 1. The number of hydrogen-bond acceptors (Lipinski definition) is 5. The first kappa shape index (κ1) is 11.9. The summed E-state index contributed by atoms with van der Waals surface area (Å²) >= 11 is 1.79. The molecule has 1 aliphatic heterocycles. The normalized spacial score (nSPS) is 15.1. The Hall–Kier alpha value is -1.20. The number of rotatable bonds is 3. The molecule has 2 aromatic heterocycles. The Balaban J connectivity index is 2.05. The van der Waals surface area contributed by atoms with Gasteiger partial charge in [-0.2, -0.15) is 0 Å². The van der Waals surface area contributed by atoms with Crippen LogP contribution in [0.2, 0.25) is 0 Å². The molecular weight excluding hydrogens is 244 g/mol. The average molecular weight is 262 g/mol. The second-order valence-electron chi connectivity index (χ2n) is 5.11. The summed E-state index contributed by atoms with van der Waals surface area (Å²) in [6, 6.07) is 0. The molecule has 0 fully saturated rings. The van der Waals surface area contributed by atoms with Crippen molar-refractivity contribution in [1.82, 2.24) is 15.3 Å². The molecule has 0 saturated carbocycles. The van der Waals surface area contributed by atoms with E-state index in [4.69, 9.17) is 0 Å². The van der Waals surface area contributed by atoms with E-state index in [1.165, 1.54) is 15.8 Å². The molecule has 0 radical (unpaired) electrons. The van der Waals surface area contributed by atoms with Crippen LogP contribution in [0.4, 0.5) is 5.82 Å². The first-order valence-electron chi connectivity index (χ1n) is 6.45. The summed E-state index contributed by atoms with van der Waals surface area (Å²) < 4.78 is 0. The largest absolute Gasteiger partial charge is 0.369 e. The van der Waals surface area contributed by atoms with Crippen molar-refractivity contribution in [2.24, 2.45) is 5.92 Å². The van der Waals surface area contributed by atoms with Gasteiger partial charge >= 0.3 is 0 Å². The smallest absolute Gasteiger partial charge is 0.138 e. The lowest BCUT2D eigenvalue weighted by molar-refractivity contribution is 0.657. The molecule has 18 heavy (non-hydrogen) atoms. The van der Waals surface area contributed by atoms with E-state index in [0.29, 0.717) is 5.92 Å². The van der Waals surface area contributed by atoms with Crippen molar-refractivity contribution < 1.29 is 0 Å². The SMILES string of the molecule is CC(C)CNc1ncnc2sc3c(c12)CCNC3. The monoisotopic (exact) mass is 262 g/mol. The third-order valence-corrected chi connectivity index (χ3v) is 4.33. The minimum Gasteiger partial charge on any atom is -0.369 e. The van der Waals surface area contributed by atoms with Gasteiger partial charge in [-0.25, -0.2) is 9.97 Å². The summed E-state index contributed by atoms with van der Waals surface area (Å²) in [6.45, 7) is 7.39. The van der Waals surface area contributed by atoms with Crippen LogP contribution >= 0.6 is 11.3 Å². The van der Waals surface area contributed by atoms with E-state index in [-0.39, 0.29) is 0 Å². The fraction of sp³-hybridized carbons (Fsp3) is 0.538. The van der Waals surface area contributed by atoms with Crippen molar-refractivity contribution in [2.45, 2.75) is 26.8 Å². The van der Waals surface area contributed by atoms with Gasteiger partial charge in [-0.05, 0) is 24.4 Å². The van der Waals surface area contributed by atoms with Crippen LogP contribution in [-0.2, 0) is 13.0 Å². The van der Waals surface area contributed by atoms with Crippen LogP contribution < -0.4 is 10.6 Å². The zero-order valence-corrected chi connectivity index (χ0v) is 11.6. The molecule has 0 aromatic carbocycles. The number of nitrogens with one attached hydrogen (secondary N) is 2. The maximum Gasteiger partial charge on any atom is 0.138 e. The molecule has 0 saturated heterocycles. The maximum atomic E-state index is 4.42. The molecule has 5 heteroatoms. The highest BCUT2D eigenvalue weighted by Crippen LogP contribution is 2.35. The topological polar surface area (TPSA) is 49.8 Å². The van der Waals surface area contributed by atoms with Crippen LogP contribution in [0, 0.1) is 5.92 Å². The predicted octanol–water partition coefficient (Wildman–Crippen LogP) is 2.40. The minimum absolute atomic E-state index is 0.617. The lowest BCUT2D eigenvalue weighted by Gasteiger charge is -2.14. The second-order valence-corrected chi connectivity index (χ2v) is 6.19. The van der Waals surface area contributed by atoms with Crippen molar-refractivity contribution in [2.75, 3.05) is 18.4 Å². The van der Waals surface area contributed by atoms with E-state index in [2.05, 4.69) is 34.4 Å². The summed E-state index contributed by atoms with van der Waals surface area (Å²) in [6.07, 6.45) is 2.75. The quantitative estimate of drug-likeness (QED) is 0.892. The minimum atomic E-state index is 0.617. The van der Waals surface area contributed by atoms with Crippen LogP contribution in [-0.4, -0.2) is 23.1 Å². The number of aromatic nitrogens is 2. The fourth-order valence-corrected chi connectivity index (χ4v) is 3.45. The summed E-state index contributed by atoms with van der Waals surface area (Å²) in [5.41, 5.74) is 1.45. The van der Waals surface area contributed by atoms with Gasteiger partial charge in [0.1, 0.15) is 17.0 Å². The standard InChI is InChI=1S/C13H18N4S/c1-8(2)5-15-12-11-9-3-4-14-6-10(9)18-13(11)17-7-16-12/h7-8,14H,3-6H2,1-2H3,(H,15,16,17). The molecular formula is C13H18N4S. The summed E-state index contributed by atoms with van der Waals surface area (Å²) in [4.78, 5) is 11.4. The van der Waals surface area contributed by atoms with E-state index >= 15 is 0 Å². The molecule has 1 aliphatic rings. The number of fused-ring (bicyclic) bond motifs is 3. The molecule has 0 atom stereocenters. The van der Waals surface area contributed by atoms with Gasteiger partial charge in [-0.1, -0.05) is 13.8 Å². The van der Waals surface area contributed by atoms with Crippen molar-refractivity contribution >= 4 is 27.4 Å². The Labute approximate surface area is 111 Å². The molecule has 0 amide bonds. The van der Waals surface area contributed by atoms with E-state index in [1.807, 2.05) is 0 Å². The highest BCUT2D eigenvalue weighted by Gasteiger charge is 2.19. The van der Waals surface area contributed by atoms with Crippen LogP contribution in [0.25, 0.3) is 10.2 Å². The Kier molecular flexibility index (Phi) is 3.18. The van der Waals surface area contributed by atoms with Crippen molar-refractivity contribution in [3.8, 4) is 0 Å². The third kappa shape index (κ3) is 2.08. The van der Waals surface area contributed by atoms with Crippen LogP contribution in [0.1, 0.15) is 24.3 Å². The Morgan fingerprint density at radius 3 is 3.17 bits per heavy atom. The average Bonchev–Trinajstić information content (AvgIpc) is 2.75. The van der Waals surface area contributed by atoms with Crippen LogP contribution in [0.3, 0.4) is 0 Å². The number of hydrogen-bond donors (Lipinski definition) is 2. The van der Waals surface area contributed by atoms with E-state index in [9.17, 15) is 0 Å². The molecule has 0 bridgehead atoms. The highest BCUT2D eigenvalue weighted by atomic mass is 32.1. The van der Waals surface area contributed by atoms with Crippen molar-refractivity contribution in [1.29, 1.82) is 0 Å². The molecule has 2 N–H and O–H groups in total. The fourth-order valence-electron chi connectivity index (χ4n) is 2.29. The van der Waals surface area contributed by atoms with Gasteiger partial charge in [0.25, 0.3) is 0 Å². The molecule has 0 spiro atoms. The van der Waals surface area contributed by atoms with Gasteiger partial charge in [0.05, 0.1) is 5.39 Å². The summed E-state index contributed by atoms with van der Waals surface area (Å²) in [5.74, 6) is 1.62. The third-order valence-electron chi connectivity index (χ3n) is 3.19. The Bertz CT molecular complexity index is 561. The van der Waals surface area contributed by atoms with Gasteiger partial charge in [-0.15, -0.1) is 11.3 Å². The van der Waals surface area contributed by atoms with Crippen molar-refractivity contribution in [3.05, 3.63) is 16.8 Å².